The molecule has 0 aliphatic heterocycles. The van der Waals surface area contributed by atoms with E-state index in [0.717, 1.165) is 22.8 Å². The minimum Gasteiger partial charge on any atom is -0.240 e. The van der Waals surface area contributed by atoms with Crippen molar-refractivity contribution in [3.63, 3.8) is 0 Å². The second-order valence-electron chi connectivity index (χ2n) is 5.84. The third-order valence-electron chi connectivity index (χ3n) is 3.79. The summed E-state index contributed by atoms with van der Waals surface area (Å²) in [6.45, 7) is 4.15. The molecule has 0 atom stereocenters. The molecule has 120 valence electrons. The number of benzene rings is 3. The second kappa shape index (κ2) is 7.33. The van der Waals surface area contributed by atoms with E-state index in [4.69, 9.17) is 11.6 Å². The monoisotopic (exact) mass is 335 g/mol. The lowest BCUT2D eigenvalue weighted by Crippen LogP contribution is -2.68. The van der Waals surface area contributed by atoms with Crippen LogP contribution in [0.1, 0.15) is 16.7 Å². The maximum absolute atomic E-state index is 6.40. The van der Waals surface area contributed by atoms with Gasteiger partial charge in [-0.05, 0) is 50.2 Å². The fourth-order valence-corrected chi connectivity index (χ4v) is 2.62. The summed E-state index contributed by atoms with van der Waals surface area (Å²) < 4.78 is 0. The van der Waals surface area contributed by atoms with Crippen LogP contribution in [0.5, 0.6) is 0 Å². The molecule has 0 amide bonds. The Bertz CT molecular complexity index is 850. The minimum absolute atomic E-state index is 0.701. The maximum Gasteiger partial charge on any atom is 0.286 e. The van der Waals surface area contributed by atoms with Gasteiger partial charge in [-0.15, -0.1) is 0 Å². The first-order valence-electron chi connectivity index (χ1n) is 7.91. The number of nitrogens with one attached hydrogen (secondary N) is 2. The van der Waals surface area contributed by atoms with Crippen LogP contribution in [0.25, 0.3) is 0 Å². The van der Waals surface area contributed by atoms with E-state index in [1.807, 2.05) is 24.3 Å². The Kier molecular flexibility index (Phi) is 4.97. The molecular formula is C21H20ClN2+. The minimum atomic E-state index is 0.701. The van der Waals surface area contributed by atoms with Gasteiger partial charge in [0.05, 0.1) is 10.6 Å². The van der Waals surface area contributed by atoms with Gasteiger partial charge < -0.3 is 0 Å². The summed E-state index contributed by atoms with van der Waals surface area (Å²) in [5, 5.41) is 4.15. The molecule has 0 bridgehead atoms. The van der Waals surface area contributed by atoms with Crippen molar-refractivity contribution < 1.29 is 4.99 Å². The van der Waals surface area contributed by atoms with Gasteiger partial charge in [0.2, 0.25) is 0 Å². The van der Waals surface area contributed by atoms with E-state index in [-0.39, 0.29) is 0 Å². The lowest BCUT2D eigenvalue weighted by Gasteiger charge is -2.06. The first kappa shape index (κ1) is 16.3. The number of aryl methyl sites for hydroxylation is 2. The Balaban J connectivity index is 2.01. The molecule has 0 aromatic heterocycles. The van der Waals surface area contributed by atoms with Crippen LogP contribution in [0.2, 0.25) is 5.02 Å². The van der Waals surface area contributed by atoms with Crippen LogP contribution in [-0.4, -0.2) is 5.84 Å². The number of hydrogen-bond acceptors (Lipinski definition) is 0. The zero-order chi connectivity index (χ0) is 16.9. The van der Waals surface area contributed by atoms with Crippen LogP contribution in [0.3, 0.4) is 0 Å². The summed E-state index contributed by atoms with van der Waals surface area (Å²) in [7, 11) is 0. The van der Waals surface area contributed by atoms with Crippen molar-refractivity contribution in [2.75, 3.05) is 5.32 Å². The molecule has 0 aliphatic rings. The highest BCUT2D eigenvalue weighted by molar-refractivity contribution is 6.34. The van der Waals surface area contributed by atoms with Gasteiger partial charge in [0.15, 0.2) is 0 Å². The van der Waals surface area contributed by atoms with Crippen molar-refractivity contribution in [1.29, 1.82) is 0 Å². The Morgan fingerprint density at radius 2 is 1.38 bits per heavy atom. The van der Waals surface area contributed by atoms with E-state index < -0.39 is 0 Å². The molecule has 0 heterocycles. The lowest BCUT2D eigenvalue weighted by atomic mass is 10.1. The number of hydrogen-bond donors (Lipinski definition) is 2. The number of rotatable bonds is 3. The van der Waals surface area contributed by atoms with E-state index in [0.29, 0.717) is 5.02 Å². The van der Waals surface area contributed by atoms with Gasteiger partial charge in [-0.25, -0.2) is 10.3 Å². The molecule has 0 unspecified atom stereocenters. The Labute approximate surface area is 147 Å². The normalized spacial score (nSPS) is 11.4. The summed E-state index contributed by atoms with van der Waals surface area (Å²) in [5.41, 5.74) is 5.41. The van der Waals surface area contributed by atoms with Gasteiger partial charge in [-0.3, -0.25) is 0 Å². The molecule has 2 N–H and O–H groups in total. The lowest BCUT2D eigenvalue weighted by molar-refractivity contribution is -0.352. The third kappa shape index (κ3) is 4.03. The van der Waals surface area contributed by atoms with Crippen LogP contribution < -0.4 is 10.3 Å². The van der Waals surface area contributed by atoms with Crippen molar-refractivity contribution in [1.82, 2.24) is 0 Å². The van der Waals surface area contributed by atoms with Gasteiger partial charge in [-0.1, -0.05) is 59.1 Å². The van der Waals surface area contributed by atoms with Crippen molar-refractivity contribution in [2.24, 2.45) is 0 Å². The second-order valence-corrected chi connectivity index (χ2v) is 6.24. The highest BCUT2D eigenvalue weighted by Gasteiger charge is 2.15. The zero-order valence-electron chi connectivity index (χ0n) is 13.8. The van der Waals surface area contributed by atoms with Gasteiger partial charge >= 0.3 is 0 Å². The van der Waals surface area contributed by atoms with Crippen LogP contribution >= 0.6 is 11.6 Å². The summed E-state index contributed by atoms with van der Waals surface area (Å²) in [4.78, 5) is 3.45. The van der Waals surface area contributed by atoms with Crippen LogP contribution in [0.4, 0.5) is 11.4 Å². The van der Waals surface area contributed by atoms with Crippen LogP contribution in [0.15, 0.2) is 72.8 Å². The van der Waals surface area contributed by atoms with Crippen molar-refractivity contribution >= 4 is 28.8 Å². The smallest absolute Gasteiger partial charge is 0.240 e. The topological polar surface area (TPSA) is 26.0 Å². The van der Waals surface area contributed by atoms with E-state index in [2.05, 4.69) is 72.7 Å². The molecule has 3 aromatic rings. The Morgan fingerprint density at radius 3 is 2.00 bits per heavy atom. The molecule has 0 spiro atoms. The van der Waals surface area contributed by atoms with Gasteiger partial charge in [-0.2, -0.15) is 0 Å². The van der Waals surface area contributed by atoms with Crippen LogP contribution in [-0.2, 0) is 0 Å². The van der Waals surface area contributed by atoms with Crippen molar-refractivity contribution in [3.8, 4) is 0 Å². The molecule has 3 aromatic carbocycles. The van der Waals surface area contributed by atoms with Crippen molar-refractivity contribution in [2.45, 2.75) is 13.8 Å². The number of anilines is 1. The van der Waals surface area contributed by atoms with Gasteiger partial charge in [0.1, 0.15) is 11.4 Å². The first-order valence-corrected chi connectivity index (χ1v) is 8.29. The molecule has 24 heavy (non-hydrogen) atoms. The predicted octanol–water partition coefficient (Wildman–Crippen LogP) is 4.23. The average Bonchev–Trinajstić information content (AvgIpc) is 2.59. The van der Waals surface area contributed by atoms with E-state index in [1.165, 1.54) is 11.1 Å². The summed E-state index contributed by atoms with van der Waals surface area (Å²) >= 11 is 6.40. The molecule has 0 fully saturated rings. The molecule has 0 saturated heterocycles. The van der Waals surface area contributed by atoms with Gasteiger partial charge in [0.25, 0.3) is 5.84 Å². The molecule has 0 aliphatic carbocycles. The largest absolute Gasteiger partial charge is 0.286 e. The first-order chi connectivity index (χ1) is 11.6. The average molecular weight is 336 g/mol. The predicted molar refractivity (Wildman–Crippen MR) is 102 cm³/mol. The maximum atomic E-state index is 6.40. The number of halogens is 1. The van der Waals surface area contributed by atoms with Gasteiger partial charge in [0, 0.05) is 0 Å². The quantitative estimate of drug-likeness (QED) is 0.543. The molecule has 0 radical (unpaired) electrons. The molecule has 3 heteroatoms. The van der Waals surface area contributed by atoms with E-state index in [1.54, 1.807) is 0 Å². The SMILES string of the molecule is Cc1ccc(NC(=[NH+]c2ccc(C)cc2)c2ccccc2Cl)cc1. The van der Waals surface area contributed by atoms with E-state index in [9.17, 15) is 0 Å². The fraction of sp³-hybridized carbons (Fsp3) is 0.0952. The van der Waals surface area contributed by atoms with E-state index >= 15 is 0 Å². The Morgan fingerprint density at radius 1 is 0.792 bits per heavy atom. The highest BCUT2D eigenvalue weighted by atomic mass is 35.5. The third-order valence-corrected chi connectivity index (χ3v) is 4.11. The Hall–Kier alpha value is -2.58. The van der Waals surface area contributed by atoms with Crippen molar-refractivity contribution in [3.05, 3.63) is 94.5 Å². The molecular weight excluding hydrogens is 316 g/mol. The molecule has 2 nitrogen and oxygen atoms in total. The summed E-state index contributed by atoms with van der Waals surface area (Å²) in [5.74, 6) is 0.855. The fourth-order valence-electron chi connectivity index (χ4n) is 2.39. The molecule has 0 saturated carbocycles. The summed E-state index contributed by atoms with van der Waals surface area (Å²) in [6.07, 6.45) is 0. The zero-order valence-corrected chi connectivity index (χ0v) is 14.6. The standard InChI is InChI=1S/C21H19ClN2/c1-15-7-11-17(12-8-15)23-21(19-5-3-4-6-20(19)22)24-18-13-9-16(2)10-14-18/h3-14H,1-2H3,(H,23,24)/p+1. The van der Waals surface area contributed by atoms with Crippen LogP contribution in [0, 0.1) is 13.8 Å². The number of amidine groups is 1. The molecule has 3 rings (SSSR count). The highest BCUT2D eigenvalue weighted by Crippen LogP contribution is 2.17. The summed E-state index contributed by atoms with van der Waals surface area (Å²) in [6, 6.07) is 24.4.